The molecule has 24 heavy (non-hydrogen) atoms. The van der Waals surface area contributed by atoms with Crippen LogP contribution >= 0.6 is 11.3 Å². The Balaban J connectivity index is 1.92. The Morgan fingerprint density at radius 1 is 1.46 bits per heavy atom. The highest BCUT2D eigenvalue weighted by atomic mass is 32.1. The van der Waals surface area contributed by atoms with Gasteiger partial charge in [0.15, 0.2) is 6.10 Å². The van der Waals surface area contributed by atoms with Crippen LogP contribution in [0, 0.1) is 11.3 Å². The van der Waals surface area contributed by atoms with Crippen LogP contribution in [0.4, 0.5) is 0 Å². The molecule has 0 bridgehead atoms. The van der Waals surface area contributed by atoms with Crippen LogP contribution in [0.5, 0.6) is 0 Å². The van der Waals surface area contributed by atoms with Gasteiger partial charge in [0.1, 0.15) is 5.01 Å². The topological polar surface area (TPSA) is 83.3 Å². The lowest BCUT2D eigenvalue weighted by atomic mass is 10.3. The highest BCUT2D eigenvalue weighted by molar-refractivity contribution is 7.19. The highest BCUT2D eigenvalue weighted by Crippen LogP contribution is 2.22. The summed E-state index contributed by atoms with van der Waals surface area (Å²) in [5.74, 6) is -0.948. The fraction of sp³-hybridized carbons (Fsp3) is 0.294. The summed E-state index contributed by atoms with van der Waals surface area (Å²) >= 11 is 1.47. The van der Waals surface area contributed by atoms with Crippen molar-refractivity contribution in [1.82, 2.24) is 9.88 Å². The number of nitriles is 1. The van der Waals surface area contributed by atoms with Gasteiger partial charge < -0.3 is 9.64 Å². The summed E-state index contributed by atoms with van der Waals surface area (Å²) in [6, 6.07) is 9.66. The molecule has 2 aromatic rings. The van der Waals surface area contributed by atoms with Crippen LogP contribution < -0.4 is 0 Å². The van der Waals surface area contributed by atoms with E-state index in [1.54, 1.807) is 13.1 Å². The Kier molecular flexibility index (Phi) is 6.04. The Morgan fingerprint density at radius 3 is 2.92 bits per heavy atom. The van der Waals surface area contributed by atoms with Crippen LogP contribution in [0.15, 0.2) is 30.3 Å². The van der Waals surface area contributed by atoms with Crippen LogP contribution in [0.2, 0.25) is 0 Å². The molecule has 0 saturated carbocycles. The number of para-hydroxylation sites is 1. The minimum atomic E-state index is -0.902. The van der Waals surface area contributed by atoms with Gasteiger partial charge in [-0.05, 0) is 25.1 Å². The number of aromatic nitrogens is 1. The molecule has 1 heterocycles. The summed E-state index contributed by atoms with van der Waals surface area (Å²) in [6.07, 6.45) is 2.17. The first-order valence-corrected chi connectivity index (χ1v) is 8.19. The highest BCUT2D eigenvalue weighted by Gasteiger charge is 2.20. The molecule has 0 unspecified atom stereocenters. The summed E-state index contributed by atoms with van der Waals surface area (Å²) in [6.45, 7) is 1.81. The summed E-state index contributed by atoms with van der Waals surface area (Å²) < 4.78 is 6.12. The predicted molar refractivity (Wildman–Crippen MR) is 92.1 cm³/mol. The Bertz CT molecular complexity index is 774. The van der Waals surface area contributed by atoms with Gasteiger partial charge in [-0.15, -0.1) is 11.3 Å². The van der Waals surface area contributed by atoms with Crippen LogP contribution in [0.25, 0.3) is 16.3 Å². The third kappa shape index (κ3) is 4.64. The number of amides is 1. The number of thiazole rings is 1. The number of esters is 1. The monoisotopic (exact) mass is 343 g/mol. The molecule has 0 N–H and O–H groups in total. The molecular weight excluding hydrogens is 326 g/mol. The average molecular weight is 343 g/mol. The maximum absolute atomic E-state index is 12.0. The molecule has 1 atom stereocenters. The van der Waals surface area contributed by atoms with Crippen LogP contribution in [-0.2, 0) is 14.3 Å². The van der Waals surface area contributed by atoms with Crippen molar-refractivity contribution >= 4 is 39.5 Å². The number of likely N-dealkylation sites (N-methyl/N-ethyl adjacent to an activating group) is 1. The Labute approximate surface area is 144 Å². The molecule has 1 aromatic carbocycles. The quantitative estimate of drug-likeness (QED) is 0.595. The molecule has 0 aliphatic rings. The smallest absolute Gasteiger partial charge is 0.331 e. The number of fused-ring (bicyclic) bond motifs is 1. The molecular formula is C17H17N3O3S. The fourth-order valence-corrected chi connectivity index (χ4v) is 2.87. The van der Waals surface area contributed by atoms with E-state index < -0.39 is 12.1 Å². The second kappa shape index (κ2) is 8.22. The third-order valence-corrected chi connectivity index (χ3v) is 4.25. The summed E-state index contributed by atoms with van der Waals surface area (Å²) in [5, 5.41) is 9.22. The van der Waals surface area contributed by atoms with Crippen molar-refractivity contribution in [3.8, 4) is 6.07 Å². The maximum Gasteiger partial charge on any atom is 0.331 e. The number of ether oxygens (including phenoxy) is 1. The Hall–Kier alpha value is -2.72. The van der Waals surface area contributed by atoms with E-state index in [-0.39, 0.29) is 12.3 Å². The molecule has 1 amide bonds. The average Bonchev–Trinajstić information content (AvgIpc) is 3.00. The van der Waals surface area contributed by atoms with E-state index >= 15 is 0 Å². The number of nitrogens with zero attached hydrogens (tertiary/aromatic N) is 3. The molecule has 0 radical (unpaired) electrons. The largest absolute Gasteiger partial charge is 0.449 e. The molecule has 2 rings (SSSR count). The third-order valence-electron chi connectivity index (χ3n) is 3.25. The zero-order valence-corrected chi connectivity index (χ0v) is 14.2. The van der Waals surface area contributed by atoms with Crippen LogP contribution in [-0.4, -0.2) is 41.5 Å². The molecule has 0 aliphatic carbocycles. The molecule has 6 nitrogen and oxygen atoms in total. The second-order valence-electron chi connectivity index (χ2n) is 5.10. The first-order chi connectivity index (χ1) is 11.5. The lowest BCUT2D eigenvalue weighted by Crippen LogP contribution is -2.37. The first-order valence-electron chi connectivity index (χ1n) is 7.37. The van der Waals surface area contributed by atoms with E-state index in [0.717, 1.165) is 10.2 Å². The lowest BCUT2D eigenvalue weighted by molar-refractivity contribution is -0.154. The molecule has 0 spiro atoms. The van der Waals surface area contributed by atoms with Gasteiger partial charge in [0.25, 0.3) is 5.91 Å². The van der Waals surface area contributed by atoms with Gasteiger partial charge in [-0.2, -0.15) is 5.26 Å². The van der Waals surface area contributed by atoms with Crippen molar-refractivity contribution in [2.45, 2.75) is 19.4 Å². The van der Waals surface area contributed by atoms with Crippen molar-refractivity contribution < 1.29 is 14.3 Å². The van der Waals surface area contributed by atoms with Crippen molar-refractivity contribution in [3.05, 3.63) is 35.3 Å². The van der Waals surface area contributed by atoms with Crippen molar-refractivity contribution in [2.75, 3.05) is 13.6 Å². The predicted octanol–water partition coefficient (Wildman–Crippen LogP) is 2.61. The normalized spacial score (nSPS) is 12.0. The number of hydrogen-bond acceptors (Lipinski definition) is 6. The van der Waals surface area contributed by atoms with Gasteiger partial charge in [0.05, 0.1) is 22.7 Å². The minimum Gasteiger partial charge on any atom is -0.449 e. The number of benzene rings is 1. The number of carbonyl (C=O) groups is 2. The summed E-state index contributed by atoms with van der Waals surface area (Å²) in [4.78, 5) is 29.6. The second-order valence-corrected chi connectivity index (χ2v) is 6.16. The van der Waals surface area contributed by atoms with E-state index in [0.29, 0.717) is 11.6 Å². The summed E-state index contributed by atoms with van der Waals surface area (Å²) in [5.41, 5.74) is 0.873. The molecule has 0 aliphatic heterocycles. The van der Waals surface area contributed by atoms with Crippen LogP contribution in [0.1, 0.15) is 18.4 Å². The van der Waals surface area contributed by atoms with E-state index in [1.165, 1.54) is 29.2 Å². The van der Waals surface area contributed by atoms with Gasteiger partial charge in [0.2, 0.25) is 0 Å². The van der Waals surface area contributed by atoms with Crippen LogP contribution in [0.3, 0.4) is 0 Å². The van der Waals surface area contributed by atoms with Gasteiger partial charge in [0, 0.05) is 19.7 Å². The van der Waals surface area contributed by atoms with Gasteiger partial charge in [-0.1, -0.05) is 12.1 Å². The van der Waals surface area contributed by atoms with Gasteiger partial charge in [-0.3, -0.25) is 4.79 Å². The van der Waals surface area contributed by atoms with Crippen molar-refractivity contribution in [1.29, 1.82) is 5.26 Å². The fourth-order valence-electron chi connectivity index (χ4n) is 2.00. The SMILES string of the molecule is C[C@@H](OC(=O)/C=C/c1nc2ccccc2s1)C(=O)N(C)CCC#N. The molecule has 0 saturated heterocycles. The van der Waals surface area contributed by atoms with Crippen molar-refractivity contribution in [2.24, 2.45) is 0 Å². The standard InChI is InChI=1S/C17H17N3O3S/c1-12(17(22)20(2)11-5-10-18)23-16(21)9-8-15-19-13-6-3-4-7-14(13)24-15/h3-4,6-9,12H,5,11H2,1-2H3/b9-8+/t12-/m1/s1. The molecule has 7 heteroatoms. The lowest BCUT2D eigenvalue weighted by Gasteiger charge is -2.19. The van der Waals surface area contributed by atoms with Gasteiger partial charge >= 0.3 is 5.97 Å². The van der Waals surface area contributed by atoms with Gasteiger partial charge in [-0.25, -0.2) is 9.78 Å². The number of hydrogen-bond donors (Lipinski definition) is 0. The maximum atomic E-state index is 12.0. The number of rotatable bonds is 6. The number of carbonyl (C=O) groups excluding carboxylic acids is 2. The Morgan fingerprint density at radius 2 is 2.21 bits per heavy atom. The van der Waals surface area contributed by atoms with Crippen molar-refractivity contribution in [3.63, 3.8) is 0 Å². The van der Waals surface area contributed by atoms with E-state index in [1.807, 2.05) is 30.3 Å². The zero-order valence-electron chi connectivity index (χ0n) is 13.4. The zero-order chi connectivity index (χ0) is 17.5. The first kappa shape index (κ1) is 17.6. The molecule has 0 fully saturated rings. The van der Waals surface area contributed by atoms with E-state index in [9.17, 15) is 9.59 Å². The molecule has 1 aromatic heterocycles. The minimum absolute atomic E-state index is 0.237. The van der Waals surface area contributed by atoms with E-state index in [2.05, 4.69) is 4.98 Å². The van der Waals surface area contributed by atoms with E-state index in [4.69, 9.17) is 10.00 Å². The molecule has 124 valence electrons. The summed E-state index contributed by atoms with van der Waals surface area (Å²) in [7, 11) is 1.57.